The first-order valence-corrected chi connectivity index (χ1v) is 5.66. The van der Waals surface area contributed by atoms with Gasteiger partial charge in [0.2, 0.25) is 0 Å². The highest BCUT2D eigenvalue weighted by Crippen LogP contribution is 2.25. The maximum Gasteiger partial charge on any atom is 0.0991 e. The molecule has 0 atom stereocenters. The molecule has 0 radical (unpaired) electrons. The van der Waals surface area contributed by atoms with Crippen molar-refractivity contribution in [1.29, 1.82) is 5.26 Å². The van der Waals surface area contributed by atoms with Gasteiger partial charge in [0.1, 0.15) is 0 Å². The Hall–Kier alpha value is -1.69. The van der Waals surface area contributed by atoms with Crippen LogP contribution in [0.15, 0.2) is 42.5 Å². The van der Waals surface area contributed by atoms with Crippen molar-refractivity contribution in [3.05, 3.63) is 58.1 Å². The van der Waals surface area contributed by atoms with Crippen molar-refractivity contribution in [3.63, 3.8) is 0 Å². The van der Waals surface area contributed by atoms with E-state index < -0.39 is 0 Å². The van der Waals surface area contributed by atoms with E-state index in [0.717, 1.165) is 11.4 Å². The summed E-state index contributed by atoms with van der Waals surface area (Å²) < 4.78 is 0. The van der Waals surface area contributed by atoms with Crippen LogP contribution in [0.1, 0.15) is 5.56 Å². The summed E-state index contributed by atoms with van der Waals surface area (Å²) >= 11 is 11.8. The molecule has 0 aliphatic carbocycles. The van der Waals surface area contributed by atoms with E-state index in [1.165, 1.54) is 0 Å². The van der Waals surface area contributed by atoms with Gasteiger partial charge in [0.25, 0.3) is 0 Å². The lowest BCUT2D eigenvalue weighted by Crippen LogP contribution is -1.90. The third-order valence-corrected chi connectivity index (χ3v) is 2.60. The van der Waals surface area contributed by atoms with Crippen molar-refractivity contribution in [2.45, 2.75) is 0 Å². The molecule has 0 fully saturated rings. The number of nitrogens with zero attached hydrogens (tertiary/aromatic N) is 1. The van der Waals surface area contributed by atoms with Crippen molar-refractivity contribution in [1.82, 2.24) is 0 Å². The minimum Gasteiger partial charge on any atom is -0.355 e. The molecule has 0 amide bonds. The number of hydrogen-bond donors (Lipinski definition) is 1. The van der Waals surface area contributed by atoms with Gasteiger partial charge in [0, 0.05) is 21.4 Å². The number of halogens is 2. The van der Waals surface area contributed by atoms with Crippen molar-refractivity contribution < 1.29 is 0 Å². The summed E-state index contributed by atoms with van der Waals surface area (Å²) in [4.78, 5) is 0. The molecule has 0 spiro atoms. The van der Waals surface area contributed by atoms with Crippen molar-refractivity contribution in [2.24, 2.45) is 0 Å². The minimum absolute atomic E-state index is 0.577. The SMILES string of the molecule is N#Cc1ccc(Nc2cc(Cl)cc(Cl)c2)cc1. The maximum absolute atomic E-state index is 8.69. The van der Waals surface area contributed by atoms with Gasteiger partial charge in [-0.05, 0) is 42.5 Å². The molecule has 0 aromatic heterocycles. The predicted octanol–water partition coefficient (Wildman–Crippen LogP) is 4.61. The van der Waals surface area contributed by atoms with Crippen LogP contribution in [0.3, 0.4) is 0 Å². The Morgan fingerprint density at radius 2 is 1.47 bits per heavy atom. The van der Waals surface area contributed by atoms with Crippen molar-refractivity contribution in [2.75, 3.05) is 5.32 Å². The molecule has 0 heterocycles. The fourth-order valence-corrected chi connectivity index (χ4v) is 1.95. The van der Waals surface area contributed by atoms with Crippen LogP contribution in [0, 0.1) is 11.3 Å². The van der Waals surface area contributed by atoms with Crippen LogP contribution in [0.4, 0.5) is 11.4 Å². The Morgan fingerprint density at radius 1 is 0.882 bits per heavy atom. The molecule has 84 valence electrons. The molecular weight excluding hydrogens is 255 g/mol. The van der Waals surface area contributed by atoms with E-state index in [2.05, 4.69) is 11.4 Å². The van der Waals surface area contributed by atoms with Crippen LogP contribution in [0.25, 0.3) is 0 Å². The highest BCUT2D eigenvalue weighted by molar-refractivity contribution is 6.35. The first kappa shape index (κ1) is 11.8. The Bertz CT molecular complexity index is 551. The van der Waals surface area contributed by atoms with Gasteiger partial charge < -0.3 is 5.32 Å². The Morgan fingerprint density at radius 3 is 2.00 bits per heavy atom. The summed E-state index contributed by atoms with van der Waals surface area (Å²) in [6.45, 7) is 0. The summed E-state index contributed by atoms with van der Waals surface area (Å²) in [6.07, 6.45) is 0. The molecule has 0 unspecified atom stereocenters. The molecule has 0 bridgehead atoms. The van der Waals surface area contributed by atoms with E-state index in [0.29, 0.717) is 15.6 Å². The molecule has 0 aliphatic heterocycles. The van der Waals surface area contributed by atoms with E-state index in [9.17, 15) is 0 Å². The molecule has 4 heteroatoms. The topological polar surface area (TPSA) is 35.8 Å². The van der Waals surface area contributed by atoms with E-state index in [4.69, 9.17) is 28.5 Å². The number of nitrogens with one attached hydrogen (secondary N) is 1. The van der Waals surface area contributed by atoms with Gasteiger partial charge in [-0.25, -0.2) is 0 Å². The van der Waals surface area contributed by atoms with Gasteiger partial charge in [0.15, 0.2) is 0 Å². The molecule has 1 N–H and O–H groups in total. The summed E-state index contributed by atoms with van der Waals surface area (Å²) in [5.74, 6) is 0. The second-order valence-corrected chi connectivity index (χ2v) is 4.35. The van der Waals surface area contributed by atoms with Crippen LogP contribution in [-0.2, 0) is 0 Å². The van der Waals surface area contributed by atoms with Crippen molar-refractivity contribution in [3.8, 4) is 6.07 Å². The number of nitriles is 1. The maximum atomic E-state index is 8.69. The lowest BCUT2D eigenvalue weighted by molar-refractivity contribution is 1.47. The van der Waals surface area contributed by atoms with Crippen LogP contribution in [0.5, 0.6) is 0 Å². The van der Waals surface area contributed by atoms with Crippen molar-refractivity contribution >= 4 is 34.6 Å². The predicted molar refractivity (Wildman–Crippen MR) is 70.9 cm³/mol. The van der Waals surface area contributed by atoms with Crippen LogP contribution >= 0.6 is 23.2 Å². The zero-order valence-corrected chi connectivity index (χ0v) is 10.3. The first-order valence-electron chi connectivity index (χ1n) is 4.90. The molecule has 0 saturated heterocycles. The quantitative estimate of drug-likeness (QED) is 0.858. The number of benzene rings is 2. The average molecular weight is 263 g/mol. The normalized spacial score (nSPS) is 9.71. The lowest BCUT2D eigenvalue weighted by atomic mass is 10.2. The average Bonchev–Trinajstić information content (AvgIpc) is 2.28. The highest BCUT2D eigenvalue weighted by Gasteiger charge is 1.99. The number of hydrogen-bond acceptors (Lipinski definition) is 2. The van der Waals surface area contributed by atoms with Gasteiger partial charge in [0.05, 0.1) is 11.6 Å². The monoisotopic (exact) mass is 262 g/mol. The summed E-state index contributed by atoms with van der Waals surface area (Å²) in [7, 11) is 0. The van der Waals surface area contributed by atoms with Gasteiger partial charge >= 0.3 is 0 Å². The van der Waals surface area contributed by atoms with Gasteiger partial charge in [-0.3, -0.25) is 0 Å². The molecule has 0 aliphatic rings. The number of anilines is 2. The van der Waals surface area contributed by atoms with Crippen LogP contribution in [0.2, 0.25) is 10.0 Å². The molecule has 2 aromatic carbocycles. The zero-order chi connectivity index (χ0) is 12.3. The molecule has 0 saturated carbocycles. The molecular formula is C13H8Cl2N2. The Balaban J connectivity index is 2.22. The highest BCUT2D eigenvalue weighted by atomic mass is 35.5. The standard InChI is InChI=1S/C13H8Cl2N2/c14-10-5-11(15)7-13(6-10)17-12-3-1-9(8-16)2-4-12/h1-7,17H. The molecule has 2 rings (SSSR count). The molecule has 17 heavy (non-hydrogen) atoms. The second-order valence-electron chi connectivity index (χ2n) is 3.47. The Labute approximate surface area is 109 Å². The lowest BCUT2D eigenvalue weighted by Gasteiger charge is -2.07. The Kier molecular flexibility index (Phi) is 3.53. The fraction of sp³-hybridized carbons (Fsp3) is 0. The van der Waals surface area contributed by atoms with E-state index in [1.54, 1.807) is 30.3 Å². The molecule has 2 nitrogen and oxygen atoms in total. The van der Waals surface area contributed by atoms with Gasteiger partial charge in [-0.1, -0.05) is 23.2 Å². The van der Waals surface area contributed by atoms with Crippen LogP contribution < -0.4 is 5.32 Å². The summed E-state index contributed by atoms with van der Waals surface area (Å²) in [6, 6.07) is 14.4. The van der Waals surface area contributed by atoms with Gasteiger partial charge in [-0.15, -0.1) is 0 Å². The summed E-state index contributed by atoms with van der Waals surface area (Å²) in [5, 5.41) is 13.0. The van der Waals surface area contributed by atoms with E-state index >= 15 is 0 Å². The number of rotatable bonds is 2. The first-order chi connectivity index (χ1) is 8.17. The minimum atomic E-state index is 0.577. The van der Waals surface area contributed by atoms with E-state index in [1.807, 2.05) is 12.1 Å². The summed E-state index contributed by atoms with van der Waals surface area (Å²) in [5.41, 5.74) is 2.31. The van der Waals surface area contributed by atoms with Crippen LogP contribution in [-0.4, -0.2) is 0 Å². The fourth-order valence-electron chi connectivity index (χ4n) is 1.42. The zero-order valence-electron chi connectivity index (χ0n) is 8.74. The largest absolute Gasteiger partial charge is 0.355 e. The third kappa shape index (κ3) is 3.13. The second kappa shape index (κ2) is 5.09. The van der Waals surface area contributed by atoms with E-state index in [-0.39, 0.29) is 0 Å². The third-order valence-electron chi connectivity index (χ3n) is 2.17. The molecule has 2 aromatic rings. The van der Waals surface area contributed by atoms with Gasteiger partial charge in [-0.2, -0.15) is 5.26 Å². The smallest absolute Gasteiger partial charge is 0.0991 e.